The van der Waals surface area contributed by atoms with Crippen molar-refractivity contribution in [1.29, 1.82) is 5.26 Å². The number of carbonyl (C=O) groups excluding carboxylic acids is 1. The van der Waals surface area contributed by atoms with Crippen molar-refractivity contribution < 1.29 is 4.79 Å². The largest absolute Gasteiger partial charge is 0.337 e. The van der Waals surface area contributed by atoms with E-state index in [0.29, 0.717) is 6.54 Å². The second-order valence-corrected chi connectivity index (χ2v) is 8.87. The van der Waals surface area contributed by atoms with E-state index in [4.69, 9.17) is 0 Å². The summed E-state index contributed by atoms with van der Waals surface area (Å²) in [4.78, 5) is 17.7. The van der Waals surface area contributed by atoms with Crippen LogP contribution in [0, 0.1) is 11.3 Å². The minimum Gasteiger partial charge on any atom is -0.337 e. The van der Waals surface area contributed by atoms with E-state index in [1.54, 1.807) is 11.3 Å². The van der Waals surface area contributed by atoms with Crippen molar-refractivity contribution in [3.8, 4) is 6.07 Å². The number of fused-ring (bicyclic) bond motifs is 1. The van der Waals surface area contributed by atoms with E-state index in [-0.39, 0.29) is 11.9 Å². The fraction of sp³-hybridized carbons (Fsp3) is 0.474. The van der Waals surface area contributed by atoms with Crippen LogP contribution >= 0.6 is 22.7 Å². The molecule has 0 saturated heterocycles. The summed E-state index contributed by atoms with van der Waals surface area (Å²) in [6.07, 6.45) is 4.59. The van der Waals surface area contributed by atoms with Crippen LogP contribution in [0.25, 0.3) is 0 Å². The number of rotatable bonds is 4. The van der Waals surface area contributed by atoms with Gasteiger partial charge in [0.2, 0.25) is 5.91 Å². The number of thiophene rings is 2. The molecule has 3 heterocycles. The number of hydrogen-bond donors (Lipinski definition) is 1. The Labute approximate surface area is 156 Å². The zero-order valence-corrected chi connectivity index (χ0v) is 15.7. The van der Waals surface area contributed by atoms with E-state index in [9.17, 15) is 10.1 Å². The Kier molecular flexibility index (Phi) is 4.63. The zero-order chi connectivity index (χ0) is 17.3. The number of nitrogens with zero attached hydrogens (tertiary/aromatic N) is 2. The average molecular weight is 372 g/mol. The summed E-state index contributed by atoms with van der Waals surface area (Å²) < 4.78 is 0. The Hall–Kier alpha value is -1.68. The lowest BCUT2D eigenvalue weighted by atomic mass is 9.97. The van der Waals surface area contributed by atoms with Crippen LogP contribution in [-0.4, -0.2) is 29.4 Å². The maximum Gasteiger partial charge on any atom is 0.235 e. The molecule has 25 heavy (non-hydrogen) atoms. The number of hydrogen-bond acceptors (Lipinski definition) is 5. The van der Waals surface area contributed by atoms with Gasteiger partial charge in [-0.2, -0.15) is 5.26 Å². The Morgan fingerprint density at radius 1 is 1.32 bits per heavy atom. The van der Waals surface area contributed by atoms with Crippen molar-refractivity contribution >= 4 is 28.6 Å². The minimum atomic E-state index is -0.640. The minimum absolute atomic E-state index is 0.0244. The van der Waals surface area contributed by atoms with Crippen molar-refractivity contribution in [2.45, 2.75) is 43.7 Å². The third-order valence-electron chi connectivity index (χ3n) is 5.27. The number of nitriles is 1. The average Bonchev–Trinajstić information content (AvgIpc) is 3.36. The smallest absolute Gasteiger partial charge is 0.235 e. The van der Waals surface area contributed by atoms with Gasteiger partial charge in [0.1, 0.15) is 5.54 Å². The molecule has 2 aromatic heterocycles. The second kappa shape index (κ2) is 6.91. The summed E-state index contributed by atoms with van der Waals surface area (Å²) in [6, 6.07) is 8.93. The molecule has 0 spiro atoms. The third kappa shape index (κ3) is 3.24. The van der Waals surface area contributed by atoms with Crippen molar-refractivity contribution in [3.05, 3.63) is 44.3 Å². The molecule has 1 amide bonds. The molecule has 0 aromatic carbocycles. The monoisotopic (exact) mass is 371 g/mol. The van der Waals surface area contributed by atoms with Crippen LogP contribution in [0.5, 0.6) is 0 Å². The van der Waals surface area contributed by atoms with Gasteiger partial charge in [0.25, 0.3) is 0 Å². The molecule has 0 radical (unpaired) electrons. The summed E-state index contributed by atoms with van der Waals surface area (Å²) in [6.45, 7) is 1.23. The van der Waals surface area contributed by atoms with E-state index in [2.05, 4.69) is 45.2 Å². The molecule has 1 aliphatic carbocycles. The standard InChI is InChI=1S/C19H21N3OS2/c20-13-19(7-1-2-8-19)21-17(23)12-22-9-5-15-14(6-11-25-15)18(22)16-4-3-10-24-16/h3-4,6,10-11,18H,1-2,5,7-9,12H2,(H,21,23). The molecule has 2 aromatic rings. The van der Waals surface area contributed by atoms with E-state index in [1.165, 1.54) is 15.3 Å². The number of nitrogens with one attached hydrogen (secondary N) is 1. The molecular weight excluding hydrogens is 350 g/mol. The van der Waals surface area contributed by atoms with Crippen LogP contribution in [0.4, 0.5) is 0 Å². The fourth-order valence-corrected chi connectivity index (χ4v) is 5.83. The highest BCUT2D eigenvalue weighted by Crippen LogP contribution is 2.39. The molecule has 0 bridgehead atoms. The second-order valence-electron chi connectivity index (χ2n) is 6.89. The van der Waals surface area contributed by atoms with Gasteiger partial charge in [-0.25, -0.2) is 0 Å². The van der Waals surface area contributed by atoms with Gasteiger partial charge in [0.05, 0.1) is 18.7 Å². The Bertz CT molecular complexity index is 784. The summed E-state index contributed by atoms with van der Waals surface area (Å²) >= 11 is 3.55. The van der Waals surface area contributed by atoms with Crippen molar-refractivity contribution in [2.24, 2.45) is 0 Å². The van der Waals surface area contributed by atoms with Crippen molar-refractivity contribution in [1.82, 2.24) is 10.2 Å². The van der Waals surface area contributed by atoms with Gasteiger partial charge >= 0.3 is 0 Å². The van der Waals surface area contributed by atoms with Crippen LogP contribution < -0.4 is 5.32 Å². The fourth-order valence-electron chi connectivity index (χ4n) is 4.05. The Balaban J connectivity index is 1.53. The first-order chi connectivity index (χ1) is 12.2. The predicted octanol–water partition coefficient (Wildman–Crippen LogP) is 3.71. The maximum absolute atomic E-state index is 12.7. The molecule has 1 fully saturated rings. The van der Waals surface area contributed by atoms with E-state index >= 15 is 0 Å². The first kappa shape index (κ1) is 16.8. The predicted molar refractivity (Wildman–Crippen MR) is 101 cm³/mol. The van der Waals surface area contributed by atoms with E-state index in [1.807, 2.05) is 11.3 Å². The maximum atomic E-state index is 12.7. The molecule has 130 valence electrons. The van der Waals surface area contributed by atoms with Crippen molar-refractivity contribution in [3.63, 3.8) is 0 Å². The van der Waals surface area contributed by atoms with Crippen LogP contribution in [0.15, 0.2) is 29.0 Å². The molecule has 4 nitrogen and oxygen atoms in total. The highest BCUT2D eigenvalue weighted by atomic mass is 32.1. The molecular formula is C19H21N3OS2. The Morgan fingerprint density at radius 2 is 2.16 bits per heavy atom. The highest BCUT2D eigenvalue weighted by Gasteiger charge is 2.37. The highest BCUT2D eigenvalue weighted by molar-refractivity contribution is 7.10. The van der Waals surface area contributed by atoms with Crippen LogP contribution in [0.2, 0.25) is 0 Å². The molecule has 1 N–H and O–H groups in total. The van der Waals surface area contributed by atoms with Crippen LogP contribution in [-0.2, 0) is 11.2 Å². The molecule has 1 atom stereocenters. The topological polar surface area (TPSA) is 56.1 Å². The first-order valence-electron chi connectivity index (χ1n) is 8.77. The molecule has 1 aliphatic heterocycles. The Morgan fingerprint density at radius 3 is 2.88 bits per heavy atom. The SMILES string of the molecule is N#CC1(NC(=O)CN2CCc3sccc3C2c2cccs2)CCCC1. The van der Waals surface area contributed by atoms with Crippen LogP contribution in [0.3, 0.4) is 0 Å². The van der Waals surface area contributed by atoms with Gasteiger partial charge in [-0.05, 0) is 60.6 Å². The van der Waals surface area contributed by atoms with Gasteiger partial charge in [-0.3, -0.25) is 9.69 Å². The van der Waals surface area contributed by atoms with Gasteiger partial charge < -0.3 is 5.32 Å². The van der Waals surface area contributed by atoms with E-state index < -0.39 is 5.54 Å². The normalized spacial score (nSPS) is 22.3. The molecule has 2 aliphatic rings. The van der Waals surface area contributed by atoms with Gasteiger partial charge in [0, 0.05) is 16.3 Å². The summed E-state index contributed by atoms with van der Waals surface area (Å²) in [7, 11) is 0. The third-order valence-corrected chi connectivity index (χ3v) is 7.20. The lowest BCUT2D eigenvalue weighted by Gasteiger charge is -2.35. The molecule has 1 saturated carbocycles. The van der Waals surface area contributed by atoms with Crippen LogP contribution in [0.1, 0.15) is 47.0 Å². The lowest BCUT2D eigenvalue weighted by molar-refractivity contribution is -0.124. The van der Waals surface area contributed by atoms with Gasteiger partial charge in [0.15, 0.2) is 0 Å². The van der Waals surface area contributed by atoms with E-state index in [0.717, 1.165) is 38.6 Å². The first-order valence-corrected chi connectivity index (χ1v) is 10.5. The zero-order valence-electron chi connectivity index (χ0n) is 14.0. The quantitative estimate of drug-likeness (QED) is 0.891. The number of amides is 1. The van der Waals surface area contributed by atoms with Gasteiger partial charge in [-0.15, -0.1) is 22.7 Å². The summed E-state index contributed by atoms with van der Waals surface area (Å²) in [5, 5.41) is 16.8. The summed E-state index contributed by atoms with van der Waals surface area (Å²) in [5.41, 5.74) is 0.695. The summed E-state index contributed by atoms with van der Waals surface area (Å²) in [5.74, 6) is -0.0244. The van der Waals surface area contributed by atoms with Gasteiger partial charge in [-0.1, -0.05) is 6.07 Å². The molecule has 6 heteroatoms. The van der Waals surface area contributed by atoms with Crippen molar-refractivity contribution in [2.75, 3.05) is 13.1 Å². The number of carbonyl (C=O) groups is 1. The lowest BCUT2D eigenvalue weighted by Crippen LogP contribution is -2.50. The molecule has 4 rings (SSSR count). The molecule has 1 unspecified atom stereocenters.